The number of hydrogen-bond donors (Lipinski definition) is 3. The first kappa shape index (κ1) is 13.2. The first-order chi connectivity index (χ1) is 9.84. The molecule has 1 saturated heterocycles. The van der Waals surface area contributed by atoms with Crippen molar-refractivity contribution in [3.05, 3.63) is 46.9 Å². The zero-order valence-corrected chi connectivity index (χ0v) is 11.7. The SMILES string of the molecule is O=C(Nc1ccccc1)C(c1nccs1)C1NCCN1. The summed E-state index contributed by atoms with van der Waals surface area (Å²) >= 11 is 1.50. The lowest BCUT2D eigenvalue weighted by Gasteiger charge is -2.21. The number of anilines is 1. The van der Waals surface area contributed by atoms with Gasteiger partial charge in [-0.2, -0.15) is 0 Å². The maximum Gasteiger partial charge on any atom is 0.237 e. The minimum Gasteiger partial charge on any atom is -0.325 e. The predicted octanol–water partition coefficient (Wildman–Crippen LogP) is 1.38. The van der Waals surface area contributed by atoms with E-state index in [0.717, 1.165) is 23.8 Å². The van der Waals surface area contributed by atoms with Gasteiger partial charge in [0.15, 0.2) is 0 Å². The topological polar surface area (TPSA) is 66.0 Å². The van der Waals surface area contributed by atoms with Crippen LogP contribution < -0.4 is 16.0 Å². The van der Waals surface area contributed by atoms with Crippen LogP contribution in [0, 0.1) is 0 Å². The van der Waals surface area contributed by atoms with Gasteiger partial charge in [0.2, 0.25) is 5.91 Å². The fourth-order valence-electron chi connectivity index (χ4n) is 2.30. The summed E-state index contributed by atoms with van der Waals surface area (Å²) in [7, 11) is 0. The summed E-state index contributed by atoms with van der Waals surface area (Å²) in [5.41, 5.74) is 0.803. The van der Waals surface area contributed by atoms with Gasteiger partial charge in [0.25, 0.3) is 0 Å². The van der Waals surface area contributed by atoms with Crippen molar-refractivity contribution in [2.24, 2.45) is 0 Å². The lowest BCUT2D eigenvalue weighted by molar-refractivity contribution is -0.118. The first-order valence-electron chi connectivity index (χ1n) is 6.56. The quantitative estimate of drug-likeness (QED) is 0.795. The van der Waals surface area contributed by atoms with E-state index in [9.17, 15) is 4.79 Å². The van der Waals surface area contributed by atoms with Gasteiger partial charge in [-0.25, -0.2) is 4.98 Å². The van der Waals surface area contributed by atoms with Gasteiger partial charge >= 0.3 is 0 Å². The number of carbonyl (C=O) groups excluding carboxylic acids is 1. The Morgan fingerprint density at radius 3 is 2.70 bits per heavy atom. The molecule has 5 nitrogen and oxygen atoms in total. The summed E-state index contributed by atoms with van der Waals surface area (Å²) in [5, 5.41) is 12.3. The van der Waals surface area contributed by atoms with E-state index in [2.05, 4.69) is 20.9 Å². The van der Waals surface area contributed by atoms with Crippen molar-refractivity contribution in [3.8, 4) is 0 Å². The molecule has 2 heterocycles. The molecule has 1 amide bonds. The summed E-state index contributed by atoms with van der Waals surface area (Å²) in [6.07, 6.45) is 1.67. The van der Waals surface area contributed by atoms with Crippen LogP contribution in [0.4, 0.5) is 5.69 Å². The number of nitrogens with one attached hydrogen (secondary N) is 3. The average molecular weight is 288 g/mol. The highest BCUT2D eigenvalue weighted by atomic mass is 32.1. The molecule has 0 bridgehead atoms. The van der Waals surface area contributed by atoms with Crippen molar-refractivity contribution >= 4 is 22.9 Å². The van der Waals surface area contributed by atoms with Gasteiger partial charge in [-0.05, 0) is 12.1 Å². The highest BCUT2D eigenvalue weighted by Gasteiger charge is 2.33. The van der Waals surface area contributed by atoms with Gasteiger partial charge in [-0.1, -0.05) is 18.2 Å². The summed E-state index contributed by atoms with van der Waals surface area (Å²) < 4.78 is 0. The molecule has 20 heavy (non-hydrogen) atoms. The third-order valence-electron chi connectivity index (χ3n) is 3.23. The number of amides is 1. The first-order valence-corrected chi connectivity index (χ1v) is 7.44. The van der Waals surface area contributed by atoms with Crippen LogP contribution in [0.3, 0.4) is 0 Å². The Labute approximate surface area is 121 Å². The minimum absolute atomic E-state index is 0.0435. The number of hydrogen-bond acceptors (Lipinski definition) is 5. The van der Waals surface area contributed by atoms with Crippen molar-refractivity contribution in [3.63, 3.8) is 0 Å². The Morgan fingerprint density at radius 2 is 2.05 bits per heavy atom. The molecular weight excluding hydrogens is 272 g/mol. The molecule has 1 aliphatic rings. The second-order valence-electron chi connectivity index (χ2n) is 4.59. The fraction of sp³-hybridized carbons (Fsp3) is 0.286. The van der Waals surface area contributed by atoms with Crippen LogP contribution in [0.2, 0.25) is 0 Å². The molecule has 1 aromatic carbocycles. The zero-order chi connectivity index (χ0) is 13.8. The molecule has 0 spiro atoms. The molecule has 2 aromatic rings. The number of nitrogens with zero attached hydrogens (tertiary/aromatic N) is 1. The molecule has 0 aliphatic carbocycles. The number of para-hydroxylation sites is 1. The average Bonchev–Trinajstić information content (AvgIpc) is 3.14. The zero-order valence-electron chi connectivity index (χ0n) is 10.9. The molecule has 1 aromatic heterocycles. The number of aromatic nitrogens is 1. The second kappa shape index (κ2) is 6.13. The van der Waals surface area contributed by atoms with Crippen molar-refractivity contribution in [1.29, 1.82) is 0 Å². The van der Waals surface area contributed by atoms with Crippen LogP contribution in [0.25, 0.3) is 0 Å². The standard InChI is InChI=1S/C14H16N4OS/c19-13(18-10-4-2-1-3-5-10)11(12-15-6-7-16-12)14-17-8-9-20-14/h1-5,8-9,11-12,15-16H,6-7H2,(H,18,19). The molecule has 3 N–H and O–H groups in total. The molecule has 0 saturated carbocycles. The van der Waals surface area contributed by atoms with Crippen LogP contribution >= 0.6 is 11.3 Å². The third-order valence-corrected chi connectivity index (χ3v) is 4.09. The van der Waals surface area contributed by atoms with E-state index in [1.165, 1.54) is 11.3 Å². The Hall–Kier alpha value is -1.76. The van der Waals surface area contributed by atoms with Crippen molar-refractivity contribution < 1.29 is 4.79 Å². The van der Waals surface area contributed by atoms with E-state index < -0.39 is 0 Å². The summed E-state index contributed by atoms with van der Waals surface area (Å²) in [4.78, 5) is 16.9. The molecule has 1 aliphatic heterocycles. The van der Waals surface area contributed by atoms with Crippen LogP contribution in [-0.2, 0) is 4.79 Å². The lowest BCUT2D eigenvalue weighted by atomic mass is 10.1. The van der Waals surface area contributed by atoms with Gasteiger partial charge in [-0.3, -0.25) is 15.4 Å². The highest BCUT2D eigenvalue weighted by Crippen LogP contribution is 2.24. The molecule has 6 heteroatoms. The van der Waals surface area contributed by atoms with E-state index in [1.54, 1.807) is 6.20 Å². The summed E-state index contributed by atoms with van der Waals surface area (Å²) in [5.74, 6) is -0.365. The van der Waals surface area contributed by atoms with Crippen molar-refractivity contribution in [2.45, 2.75) is 12.1 Å². The Morgan fingerprint density at radius 1 is 1.30 bits per heavy atom. The molecule has 1 unspecified atom stereocenters. The minimum atomic E-state index is -0.322. The Balaban J connectivity index is 1.80. The van der Waals surface area contributed by atoms with Gasteiger partial charge in [-0.15, -0.1) is 11.3 Å². The number of thiazole rings is 1. The van der Waals surface area contributed by atoms with Crippen LogP contribution in [0.15, 0.2) is 41.9 Å². The maximum atomic E-state index is 12.6. The Bertz CT molecular complexity index is 552. The summed E-state index contributed by atoms with van der Waals surface area (Å²) in [6.45, 7) is 1.73. The van der Waals surface area contributed by atoms with Gasteiger partial charge in [0.05, 0.1) is 6.17 Å². The third kappa shape index (κ3) is 2.87. The molecular formula is C14H16N4OS. The summed E-state index contributed by atoms with van der Waals surface area (Å²) in [6, 6.07) is 9.49. The van der Waals surface area contributed by atoms with Crippen molar-refractivity contribution in [2.75, 3.05) is 18.4 Å². The molecule has 104 valence electrons. The molecule has 1 atom stereocenters. The maximum absolute atomic E-state index is 12.6. The van der Waals surface area contributed by atoms with E-state index in [1.807, 2.05) is 35.7 Å². The second-order valence-corrected chi connectivity index (χ2v) is 5.52. The van der Waals surface area contributed by atoms with E-state index in [0.29, 0.717) is 0 Å². The molecule has 3 rings (SSSR count). The van der Waals surface area contributed by atoms with Crippen molar-refractivity contribution in [1.82, 2.24) is 15.6 Å². The van der Waals surface area contributed by atoms with E-state index in [4.69, 9.17) is 0 Å². The fourth-order valence-corrected chi connectivity index (χ4v) is 3.07. The van der Waals surface area contributed by atoms with Crippen LogP contribution in [-0.4, -0.2) is 30.1 Å². The van der Waals surface area contributed by atoms with Gasteiger partial charge in [0.1, 0.15) is 10.9 Å². The smallest absolute Gasteiger partial charge is 0.237 e. The Kier molecular flexibility index (Phi) is 4.05. The number of benzene rings is 1. The predicted molar refractivity (Wildman–Crippen MR) is 79.7 cm³/mol. The highest BCUT2D eigenvalue weighted by molar-refractivity contribution is 7.09. The molecule has 0 radical (unpaired) electrons. The molecule has 1 fully saturated rings. The van der Waals surface area contributed by atoms with E-state index in [-0.39, 0.29) is 18.0 Å². The number of rotatable bonds is 4. The normalized spacial score (nSPS) is 17.0. The van der Waals surface area contributed by atoms with E-state index >= 15 is 0 Å². The van der Waals surface area contributed by atoms with Crippen LogP contribution in [0.1, 0.15) is 10.9 Å². The van der Waals surface area contributed by atoms with Gasteiger partial charge in [0, 0.05) is 30.4 Å². The van der Waals surface area contributed by atoms with Crippen LogP contribution in [0.5, 0.6) is 0 Å². The largest absolute Gasteiger partial charge is 0.325 e. The lowest BCUT2D eigenvalue weighted by Crippen LogP contribution is -2.43. The number of carbonyl (C=O) groups is 1. The monoisotopic (exact) mass is 288 g/mol. The van der Waals surface area contributed by atoms with Gasteiger partial charge < -0.3 is 5.32 Å².